The molecule has 1 saturated heterocycles. The molecule has 0 spiro atoms. The number of piperidine rings is 1. The third kappa shape index (κ3) is 3.41. The van der Waals surface area contributed by atoms with Gasteiger partial charge in [-0.3, -0.25) is 9.59 Å². The van der Waals surface area contributed by atoms with Crippen molar-refractivity contribution in [2.45, 2.75) is 44.9 Å². The van der Waals surface area contributed by atoms with Crippen LogP contribution in [-0.2, 0) is 16.2 Å². The van der Waals surface area contributed by atoms with Crippen molar-refractivity contribution in [2.24, 2.45) is 0 Å². The van der Waals surface area contributed by atoms with Crippen LogP contribution in [0.5, 0.6) is 0 Å². The number of aryl methyl sites for hydroxylation is 1. The van der Waals surface area contributed by atoms with E-state index in [2.05, 4.69) is 15.6 Å². The largest absolute Gasteiger partial charge is 0.391 e. The first-order valence-electron chi connectivity index (χ1n) is 6.71. The molecular formula is C13H19N3O3S. The lowest BCUT2D eigenvalue weighted by molar-refractivity contribution is -0.132. The molecule has 2 heterocycles. The zero-order chi connectivity index (χ0) is 14.5. The molecule has 6 nitrogen and oxygen atoms in total. The molecule has 7 heteroatoms. The van der Waals surface area contributed by atoms with Gasteiger partial charge in [0.25, 0.3) is 5.91 Å². The Morgan fingerprint density at radius 2 is 2.45 bits per heavy atom. The molecule has 0 radical (unpaired) electrons. The molecule has 1 aliphatic rings. The summed E-state index contributed by atoms with van der Waals surface area (Å²) in [6.07, 6.45) is 3.41. The Morgan fingerprint density at radius 3 is 3.00 bits per heavy atom. The molecule has 2 atom stereocenters. The van der Waals surface area contributed by atoms with Gasteiger partial charge in [0, 0.05) is 6.04 Å². The number of nitrogens with one attached hydrogen (secondary N) is 2. The molecule has 0 saturated carbocycles. The lowest BCUT2D eigenvalue weighted by Gasteiger charge is -2.30. The van der Waals surface area contributed by atoms with E-state index in [1.54, 1.807) is 0 Å². The maximum Gasteiger partial charge on any atom is 0.284 e. The molecule has 3 N–H and O–H groups in total. The minimum absolute atomic E-state index is 0.0596. The Kier molecular flexibility index (Phi) is 5.22. The highest BCUT2D eigenvalue weighted by Gasteiger charge is 2.29. The molecule has 1 amide bonds. The van der Waals surface area contributed by atoms with Gasteiger partial charge in [0.05, 0.1) is 23.2 Å². The molecular weight excluding hydrogens is 278 g/mol. The Bertz CT molecular complexity index is 483. The van der Waals surface area contributed by atoms with E-state index < -0.39 is 5.91 Å². The number of carbonyl (C=O) groups excluding carboxylic acids is 2. The molecule has 20 heavy (non-hydrogen) atoms. The molecule has 110 valence electrons. The summed E-state index contributed by atoms with van der Waals surface area (Å²) in [5, 5.41) is 16.1. The van der Waals surface area contributed by atoms with Crippen LogP contribution >= 0.6 is 11.3 Å². The van der Waals surface area contributed by atoms with E-state index in [0.717, 1.165) is 41.4 Å². The third-order valence-corrected chi connectivity index (χ3v) is 4.70. The predicted octanol–water partition coefficient (Wildman–Crippen LogP) is 0.442. The highest BCUT2D eigenvalue weighted by Crippen LogP contribution is 2.28. The Morgan fingerprint density at radius 1 is 1.65 bits per heavy atom. The van der Waals surface area contributed by atoms with Crippen LogP contribution in [0.3, 0.4) is 0 Å². The predicted molar refractivity (Wildman–Crippen MR) is 75.4 cm³/mol. The van der Waals surface area contributed by atoms with Gasteiger partial charge in [-0.15, -0.1) is 11.3 Å². The third-order valence-electron chi connectivity index (χ3n) is 3.47. The number of rotatable bonds is 5. The average Bonchev–Trinajstić information content (AvgIpc) is 2.86. The van der Waals surface area contributed by atoms with Crippen molar-refractivity contribution in [3.63, 3.8) is 0 Å². The number of hydrogen-bond donors (Lipinski definition) is 3. The molecule has 0 aromatic carbocycles. The number of thiazole rings is 1. The fraction of sp³-hybridized carbons (Fsp3) is 0.615. The minimum Gasteiger partial charge on any atom is -0.391 e. The zero-order valence-electron chi connectivity index (χ0n) is 11.4. The number of aldehydes is 1. The van der Waals surface area contributed by atoms with Crippen molar-refractivity contribution in [2.75, 3.05) is 6.54 Å². The number of hydrogen-bond acceptors (Lipinski definition) is 6. The number of carbonyl (C=O) groups is 2. The highest BCUT2D eigenvalue weighted by molar-refractivity contribution is 7.11. The monoisotopic (exact) mass is 297 g/mol. The van der Waals surface area contributed by atoms with E-state index in [1.807, 2.05) is 6.92 Å². The highest BCUT2D eigenvalue weighted by atomic mass is 32.1. The summed E-state index contributed by atoms with van der Waals surface area (Å²) >= 11 is 1.38. The first-order valence-corrected chi connectivity index (χ1v) is 7.53. The van der Waals surface area contributed by atoms with Crippen molar-refractivity contribution in [3.05, 3.63) is 15.6 Å². The lowest BCUT2D eigenvalue weighted by Crippen LogP contribution is -2.46. The van der Waals surface area contributed by atoms with E-state index in [4.69, 9.17) is 0 Å². The van der Waals surface area contributed by atoms with Gasteiger partial charge in [0.2, 0.25) is 6.29 Å². The number of aliphatic hydroxyl groups excluding tert-OH is 1. The molecule has 1 aromatic heterocycles. The molecule has 0 aliphatic carbocycles. The van der Waals surface area contributed by atoms with Gasteiger partial charge in [0.1, 0.15) is 5.01 Å². The number of aromatic nitrogens is 1. The van der Waals surface area contributed by atoms with Crippen LogP contribution in [-0.4, -0.2) is 34.9 Å². The summed E-state index contributed by atoms with van der Waals surface area (Å²) < 4.78 is 0. The van der Waals surface area contributed by atoms with E-state index >= 15 is 0 Å². The topological polar surface area (TPSA) is 91.3 Å². The zero-order valence-corrected chi connectivity index (χ0v) is 12.2. The maximum atomic E-state index is 11.4. The van der Waals surface area contributed by atoms with Gasteiger partial charge in [-0.05, 0) is 26.3 Å². The fourth-order valence-electron chi connectivity index (χ4n) is 2.42. The van der Waals surface area contributed by atoms with Crippen LogP contribution in [0.1, 0.15) is 40.9 Å². The molecule has 2 rings (SSSR count). The maximum absolute atomic E-state index is 11.4. The first-order chi connectivity index (χ1) is 9.65. The normalized spacial score (nSPS) is 20.4. The van der Waals surface area contributed by atoms with Crippen LogP contribution in [0.2, 0.25) is 0 Å². The smallest absolute Gasteiger partial charge is 0.284 e. The molecule has 1 aliphatic heterocycles. The minimum atomic E-state index is -0.638. The van der Waals surface area contributed by atoms with Crippen LogP contribution in [0.25, 0.3) is 0 Å². The van der Waals surface area contributed by atoms with Crippen LogP contribution < -0.4 is 10.6 Å². The van der Waals surface area contributed by atoms with Gasteiger partial charge in [-0.25, -0.2) is 4.98 Å². The summed E-state index contributed by atoms with van der Waals surface area (Å²) in [5.74, 6) is -0.638. The van der Waals surface area contributed by atoms with E-state index in [9.17, 15) is 14.7 Å². The van der Waals surface area contributed by atoms with Crippen molar-refractivity contribution in [1.29, 1.82) is 0 Å². The SMILES string of the molecule is Cc1nc(C(NC(=O)C=O)C2CCCCN2)sc1CO. The summed E-state index contributed by atoms with van der Waals surface area (Å²) in [7, 11) is 0. The van der Waals surface area contributed by atoms with Crippen molar-refractivity contribution < 1.29 is 14.7 Å². The first kappa shape index (κ1) is 15.1. The van der Waals surface area contributed by atoms with Crippen molar-refractivity contribution in [1.82, 2.24) is 15.6 Å². The molecule has 2 unspecified atom stereocenters. The van der Waals surface area contributed by atoms with Gasteiger partial charge in [-0.2, -0.15) is 0 Å². The van der Waals surface area contributed by atoms with Crippen molar-refractivity contribution >= 4 is 23.5 Å². The van der Waals surface area contributed by atoms with Gasteiger partial charge in [0.15, 0.2) is 0 Å². The van der Waals surface area contributed by atoms with Crippen LogP contribution in [0.15, 0.2) is 0 Å². The average molecular weight is 297 g/mol. The van der Waals surface area contributed by atoms with Crippen molar-refractivity contribution in [3.8, 4) is 0 Å². The second kappa shape index (κ2) is 6.92. The quantitative estimate of drug-likeness (QED) is 0.542. The summed E-state index contributed by atoms with van der Waals surface area (Å²) in [4.78, 5) is 27.2. The molecule has 1 fully saturated rings. The van der Waals surface area contributed by atoms with E-state index in [0.29, 0.717) is 0 Å². The van der Waals surface area contributed by atoms with E-state index in [1.165, 1.54) is 11.3 Å². The second-order valence-corrected chi connectivity index (χ2v) is 5.99. The van der Waals surface area contributed by atoms with E-state index in [-0.39, 0.29) is 25.0 Å². The second-order valence-electron chi connectivity index (χ2n) is 4.88. The Hall–Kier alpha value is -1.31. The Balaban J connectivity index is 2.23. The number of amides is 1. The standard InChI is InChI=1S/C13H19N3O3S/c1-8-10(6-17)20-13(15-8)12(16-11(19)7-18)9-4-2-3-5-14-9/h7,9,12,14,17H,2-6H2,1H3,(H,16,19). The van der Waals surface area contributed by atoms with Crippen LogP contribution in [0, 0.1) is 6.92 Å². The number of nitrogens with zero attached hydrogens (tertiary/aromatic N) is 1. The Labute approximate surface area is 121 Å². The van der Waals surface area contributed by atoms with Gasteiger partial charge in [-0.1, -0.05) is 6.42 Å². The summed E-state index contributed by atoms with van der Waals surface area (Å²) in [6.45, 7) is 2.67. The lowest BCUT2D eigenvalue weighted by atomic mass is 9.98. The van der Waals surface area contributed by atoms with Crippen LogP contribution in [0.4, 0.5) is 0 Å². The number of aliphatic hydroxyl groups is 1. The van der Waals surface area contributed by atoms with Gasteiger partial charge >= 0.3 is 0 Å². The fourth-order valence-corrected chi connectivity index (χ4v) is 3.46. The summed E-state index contributed by atoms with van der Waals surface area (Å²) in [5.41, 5.74) is 0.772. The molecule has 0 bridgehead atoms. The molecule has 1 aromatic rings. The summed E-state index contributed by atoms with van der Waals surface area (Å²) in [6, 6.07) is -0.248. The van der Waals surface area contributed by atoms with Gasteiger partial charge < -0.3 is 15.7 Å².